The van der Waals surface area contributed by atoms with E-state index in [1.54, 1.807) is 71.9 Å². The van der Waals surface area contributed by atoms with Crippen molar-refractivity contribution in [1.29, 1.82) is 0 Å². The molecule has 446 valence electrons. The number of rotatable bonds is 15. The van der Waals surface area contributed by atoms with Crippen LogP contribution in [-0.4, -0.2) is 58.0 Å². The summed E-state index contributed by atoms with van der Waals surface area (Å²) in [5.74, 6) is -6.49. The molecule has 6 aromatic rings. The fourth-order valence-electron chi connectivity index (χ4n) is 12.3. The van der Waals surface area contributed by atoms with Gasteiger partial charge in [-0.05, 0) is 157 Å². The Morgan fingerprint density at radius 3 is 1.29 bits per heavy atom. The lowest BCUT2D eigenvalue weighted by atomic mass is 9.75. The topological polar surface area (TPSA) is 83.1 Å². The first-order valence-electron chi connectivity index (χ1n) is 28.7. The highest BCUT2D eigenvalue weighted by Crippen LogP contribution is 2.54. The second-order valence-electron chi connectivity index (χ2n) is 20.9. The Hall–Kier alpha value is -7.63. The van der Waals surface area contributed by atoms with Crippen LogP contribution in [0.15, 0.2) is 84.9 Å². The molecule has 84 heavy (non-hydrogen) atoms. The highest BCUT2D eigenvalue weighted by Gasteiger charge is 2.44. The average molecular weight is 1170 g/mol. The molecule has 0 radical (unpaired) electrons. The standard InChI is InChI=1S/C22H23F3O3.2C22H21F3O3/c3*1-3-26-16-9-7-13(19(23)20(16)24)12-5-6-14-15-8-10-17(27-4-2)21(25)22(15)28-18(14)11-12/h7-10,12,14,18H,3-6,11H2,1-2H3;7-11,14,18H,3-6H2,1-2H3;5,7-10,14,18H,3-4,6,11H2,1-2H3/t12?,14-,18?;2*14-,18?/m000/s1. The Morgan fingerprint density at radius 1 is 0.381 bits per heavy atom. The Kier molecular flexibility index (Phi) is 18.2. The molecule has 0 saturated heterocycles. The predicted molar refractivity (Wildman–Crippen MR) is 298 cm³/mol. The summed E-state index contributed by atoms with van der Waals surface area (Å²) in [7, 11) is 0. The molecule has 0 amide bonds. The summed E-state index contributed by atoms with van der Waals surface area (Å²) < 4.78 is 179. The van der Waals surface area contributed by atoms with Gasteiger partial charge in [0.25, 0.3) is 0 Å². The third-order valence-corrected chi connectivity index (χ3v) is 16.1. The second kappa shape index (κ2) is 25.7. The highest BCUT2D eigenvalue weighted by atomic mass is 19.2. The molecule has 3 aliphatic carbocycles. The average Bonchev–Trinajstić information content (AvgIpc) is 3.82. The quantitative estimate of drug-likeness (QED) is 0.0934. The normalized spacial score (nSPS) is 21.1. The van der Waals surface area contributed by atoms with Gasteiger partial charge in [-0.25, -0.2) is 13.2 Å². The smallest absolute Gasteiger partial charge is 0.207 e. The van der Waals surface area contributed by atoms with Crippen LogP contribution < -0.4 is 42.6 Å². The molecule has 7 atom stereocenters. The number of hydrogen-bond donors (Lipinski definition) is 0. The zero-order chi connectivity index (χ0) is 59.5. The minimum Gasteiger partial charge on any atom is -0.491 e. The molecule has 3 heterocycles. The second-order valence-corrected chi connectivity index (χ2v) is 20.9. The van der Waals surface area contributed by atoms with E-state index < -0.39 is 58.5 Å². The first-order chi connectivity index (χ1) is 40.6. The van der Waals surface area contributed by atoms with Crippen LogP contribution >= 0.6 is 0 Å². The van der Waals surface area contributed by atoms with Gasteiger partial charge in [0.15, 0.2) is 69.2 Å². The van der Waals surface area contributed by atoms with Crippen LogP contribution in [0.2, 0.25) is 0 Å². The molecular weight excluding hydrogens is 1110 g/mol. The predicted octanol–water partition coefficient (Wildman–Crippen LogP) is 17.0. The molecule has 18 heteroatoms. The fourth-order valence-corrected chi connectivity index (χ4v) is 12.3. The van der Waals surface area contributed by atoms with E-state index in [4.69, 9.17) is 42.6 Å². The molecule has 0 bridgehead atoms. The number of ether oxygens (including phenoxy) is 9. The van der Waals surface area contributed by atoms with Gasteiger partial charge in [-0.1, -0.05) is 30.3 Å². The van der Waals surface area contributed by atoms with Crippen LogP contribution in [0.25, 0.3) is 11.1 Å². The van der Waals surface area contributed by atoms with Crippen molar-refractivity contribution in [1.82, 2.24) is 0 Å². The van der Waals surface area contributed by atoms with Crippen LogP contribution in [0.1, 0.15) is 144 Å². The van der Waals surface area contributed by atoms with E-state index >= 15 is 0 Å². The number of halogens is 9. The molecule has 1 saturated carbocycles. The van der Waals surface area contributed by atoms with Crippen LogP contribution in [0, 0.1) is 52.4 Å². The Balaban J connectivity index is 0.000000140. The van der Waals surface area contributed by atoms with Gasteiger partial charge in [0.05, 0.1) is 39.6 Å². The van der Waals surface area contributed by atoms with E-state index in [2.05, 4.69) is 0 Å². The maximum absolute atomic E-state index is 14.7. The molecular formula is C66H65F9O9. The largest absolute Gasteiger partial charge is 0.491 e. The highest BCUT2D eigenvalue weighted by molar-refractivity contribution is 5.71. The zero-order valence-corrected chi connectivity index (χ0v) is 47.4. The molecule has 3 aliphatic heterocycles. The molecule has 0 N–H and O–H groups in total. The van der Waals surface area contributed by atoms with Crippen molar-refractivity contribution >= 4 is 11.1 Å². The van der Waals surface area contributed by atoms with Crippen molar-refractivity contribution < 1.29 is 82.1 Å². The first kappa shape index (κ1) is 59.5. The lowest BCUT2D eigenvalue weighted by molar-refractivity contribution is 0.145. The van der Waals surface area contributed by atoms with Crippen molar-refractivity contribution in [3.8, 4) is 51.7 Å². The summed E-state index contributed by atoms with van der Waals surface area (Å²) >= 11 is 0. The van der Waals surface area contributed by atoms with Crippen LogP contribution in [0.5, 0.6) is 51.7 Å². The van der Waals surface area contributed by atoms with Gasteiger partial charge in [-0.3, -0.25) is 0 Å². The van der Waals surface area contributed by atoms with Crippen molar-refractivity contribution in [2.75, 3.05) is 39.6 Å². The summed E-state index contributed by atoms with van der Waals surface area (Å²) in [6, 6.07) is 19.3. The van der Waals surface area contributed by atoms with Crippen molar-refractivity contribution in [2.24, 2.45) is 0 Å². The Labute approximate surface area is 482 Å². The maximum Gasteiger partial charge on any atom is 0.207 e. The van der Waals surface area contributed by atoms with Crippen molar-refractivity contribution in [3.63, 3.8) is 0 Å². The fraction of sp³-hybridized carbons (Fsp3) is 0.394. The van der Waals surface area contributed by atoms with Crippen LogP contribution in [-0.2, 0) is 0 Å². The van der Waals surface area contributed by atoms with Gasteiger partial charge in [-0.15, -0.1) is 0 Å². The van der Waals surface area contributed by atoms with Crippen LogP contribution in [0.3, 0.4) is 0 Å². The number of fused-ring (bicyclic) bond motifs is 9. The van der Waals surface area contributed by atoms with Crippen LogP contribution in [0.4, 0.5) is 39.5 Å². The number of hydrogen-bond acceptors (Lipinski definition) is 9. The van der Waals surface area contributed by atoms with Crippen molar-refractivity contribution in [2.45, 2.75) is 128 Å². The van der Waals surface area contributed by atoms with E-state index in [0.29, 0.717) is 75.1 Å². The summed E-state index contributed by atoms with van der Waals surface area (Å²) in [5, 5.41) is 0. The van der Waals surface area contributed by atoms with Gasteiger partial charge in [0.1, 0.15) is 18.3 Å². The van der Waals surface area contributed by atoms with E-state index in [9.17, 15) is 39.5 Å². The first-order valence-corrected chi connectivity index (χ1v) is 28.7. The third-order valence-electron chi connectivity index (χ3n) is 16.1. The van der Waals surface area contributed by atoms with Gasteiger partial charge in [0.2, 0.25) is 34.9 Å². The third kappa shape index (κ3) is 11.4. The van der Waals surface area contributed by atoms with Gasteiger partial charge in [0, 0.05) is 52.0 Å². The molecule has 9 nitrogen and oxygen atoms in total. The number of allylic oxidation sites excluding steroid dienone is 2. The summed E-state index contributed by atoms with van der Waals surface area (Å²) in [4.78, 5) is 0. The molecule has 0 spiro atoms. The summed E-state index contributed by atoms with van der Waals surface area (Å²) in [5.41, 5.74) is 4.43. The molecule has 6 aromatic carbocycles. The monoisotopic (exact) mass is 1170 g/mol. The SMILES string of the molecule is CCOc1ccc(C2=CC3Oc4c(ccc(OCC)c4F)[C@@H]3CC2)c(F)c1F.CCOc1ccc(C2=CC[C@H]3c4ccc(OCC)c(F)c4OC3C2)c(F)c1F.CCOc1ccc(C2CC[C@H]3c4ccc(OCC)c(F)c4OC3C2)c(F)c1F. The van der Waals surface area contributed by atoms with Gasteiger partial charge in [-0.2, -0.15) is 26.3 Å². The lowest BCUT2D eigenvalue weighted by Crippen LogP contribution is -2.27. The van der Waals surface area contributed by atoms with Gasteiger partial charge < -0.3 is 42.6 Å². The molecule has 0 aromatic heterocycles. The lowest BCUT2D eigenvalue weighted by Gasteiger charge is -2.31. The molecule has 1 fully saturated rings. The van der Waals surface area contributed by atoms with E-state index in [1.165, 1.54) is 30.3 Å². The number of benzene rings is 6. The minimum absolute atomic E-state index is 0.0143. The van der Waals surface area contributed by atoms with E-state index in [0.717, 1.165) is 23.1 Å². The Morgan fingerprint density at radius 2 is 0.786 bits per heavy atom. The van der Waals surface area contributed by atoms with E-state index in [-0.39, 0.29) is 119 Å². The molecule has 4 unspecified atom stereocenters. The van der Waals surface area contributed by atoms with Gasteiger partial charge >= 0.3 is 0 Å². The maximum atomic E-state index is 14.7. The molecule has 12 rings (SSSR count). The minimum atomic E-state index is -0.995. The summed E-state index contributed by atoms with van der Waals surface area (Å²) in [6.07, 6.45) is 6.71. The summed E-state index contributed by atoms with van der Waals surface area (Å²) in [6.45, 7) is 12.4. The zero-order valence-electron chi connectivity index (χ0n) is 47.4. The Bertz CT molecular complexity index is 3450. The van der Waals surface area contributed by atoms with Crippen molar-refractivity contribution in [3.05, 3.63) is 171 Å². The molecule has 6 aliphatic rings. The van der Waals surface area contributed by atoms with E-state index in [1.807, 2.05) is 24.3 Å².